The highest BCUT2D eigenvalue weighted by molar-refractivity contribution is 6.01. The van der Waals surface area contributed by atoms with Crippen molar-refractivity contribution >= 4 is 18.0 Å². The second-order valence-corrected chi connectivity index (χ2v) is 5.54. The standard InChI is InChI=1S/C19H18N2O4/c1-12(2)21-18(22)13(11-20)10-14-8-9-17(25-14)15-6-4-5-7-16(15)19(23)24-3/h4-10,12H,1-3H3,(H,21,22)/b13-10+. The number of furan rings is 1. The largest absolute Gasteiger partial charge is 0.465 e. The number of amides is 1. The number of benzene rings is 1. The normalized spacial score (nSPS) is 11.1. The summed E-state index contributed by atoms with van der Waals surface area (Å²) in [5.74, 6) is -0.164. The Morgan fingerprint density at radius 1 is 1.24 bits per heavy atom. The SMILES string of the molecule is COC(=O)c1ccccc1-c1ccc(/C=C(\C#N)C(=O)NC(C)C)o1. The van der Waals surface area contributed by atoms with Crippen LogP contribution in [0.5, 0.6) is 0 Å². The van der Waals surface area contributed by atoms with E-state index in [4.69, 9.17) is 14.4 Å². The summed E-state index contributed by atoms with van der Waals surface area (Å²) in [4.78, 5) is 23.8. The molecule has 0 unspecified atom stereocenters. The van der Waals surface area contributed by atoms with Gasteiger partial charge in [-0.3, -0.25) is 4.79 Å². The third-order valence-electron chi connectivity index (χ3n) is 3.30. The van der Waals surface area contributed by atoms with Gasteiger partial charge in [0.15, 0.2) is 0 Å². The number of hydrogen-bond acceptors (Lipinski definition) is 5. The average molecular weight is 338 g/mol. The number of nitrogens with zero attached hydrogens (tertiary/aromatic N) is 1. The van der Waals surface area contributed by atoms with Gasteiger partial charge in [0.25, 0.3) is 5.91 Å². The summed E-state index contributed by atoms with van der Waals surface area (Å²) in [5.41, 5.74) is 0.878. The number of carbonyl (C=O) groups is 2. The number of ether oxygens (including phenoxy) is 1. The van der Waals surface area contributed by atoms with Crippen LogP contribution in [0.4, 0.5) is 0 Å². The lowest BCUT2D eigenvalue weighted by atomic mass is 10.1. The van der Waals surface area contributed by atoms with Crippen molar-refractivity contribution in [3.8, 4) is 17.4 Å². The molecule has 0 radical (unpaired) electrons. The maximum absolute atomic E-state index is 11.9. The minimum atomic E-state index is -0.474. The first-order valence-electron chi connectivity index (χ1n) is 7.66. The predicted octanol–water partition coefficient (Wildman–Crippen LogP) is 3.16. The first-order chi connectivity index (χ1) is 12.0. The highest BCUT2D eigenvalue weighted by Crippen LogP contribution is 2.27. The molecule has 1 heterocycles. The van der Waals surface area contributed by atoms with E-state index >= 15 is 0 Å². The molecule has 6 heteroatoms. The maximum atomic E-state index is 11.9. The van der Waals surface area contributed by atoms with Crippen LogP contribution in [0.1, 0.15) is 30.0 Å². The Labute approximate surface area is 145 Å². The highest BCUT2D eigenvalue weighted by Gasteiger charge is 2.16. The van der Waals surface area contributed by atoms with Crippen molar-refractivity contribution in [3.63, 3.8) is 0 Å². The fourth-order valence-electron chi connectivity index (χ4n) is 2.19. The molecule has 0 fully saturated rings. The van der Waals surface area contributed by atoms with Crippen molar-refractivity contribution < 1.29 is 18.7 Å². The number of esters is 1. The maximum Gasteiger partial charge on any atom is 0.338 e. The number of nitriles is 1. The summed E-state index contributed by atoms with van der Waals surface area (Å²) in [6.07, 6.45) is 1.36. The summed E-state index contributed by atoms with van der Waals surface area (Å²) in [6, 6.07) is 11.9. The molecule has 1 N–H and O–H groups in total. The van der Waals surface area contributed by atoms with Gasteiger partial charge in [0.05, 0.1) is 12.7 Å². The van der Waals surface area contributed by atoms with Gasteiger partial charge in [-0.2, -0.15) is 5.26 Å². The van der Waals surface area contributed by atoms with Crippen LogP contribution < -0.4 is 5.32 Å². The summed E-state index contributed by atoms with van der Waals surface area (Å²) in [6.45, 7) is 3.61. The summed E-state index contributed by atoms with van der Waals surface area (Å²) < 4.78 is 10.4. The average Bonchev–Trinajstić information content (AvgIpc) is 3.06. The van der Waals surface area contributed by atoms with Gasteiger partial charge < -0.3 is 14.5 Å². The number of hydrogen-bond donors (Lipinski definition) is 1. The van der Waals surface area contributed by atoms with E-state index in [0.717, 1.165) is 0 Å². The van der Waals surface area contributed by atoms with E-state index in [1.54, 1.807) is 36.4 Å². The van der Waals surface area contributed by atoms with E-state index in [-0.39, 0.29) is 11.6 Å². The number of rotatable bonds is 5. The molecule has 0 aliphatic heterocycles. The molecule has 25 heavy (non-hydrogen) atoms. The molecule has 1 amide bonds. The van der Waals surface area contributed by atoms with E-state index < -0.39 is 11.9 Å². The number of methoxy groups -OCH3 is 1. The van der Waals surface area contributed by atoms with E-state index in [1.165, 1.54) is 13.2 Å². The molecule has 0 atom stereocenters. The van der Waals surface area contributed by atoms with Crippen molar-refractivity contribution in [1.82, 2.24) is 5.32 Å². The van der Waals surface area contributed by atoms with Gasteiger partial charge in [0.2, 0.25) is 0 Å². The molecule has 6 nitrogen and oxygen atoms in total. The van der Waals surface area contributed by atoms with Crippen LogP contribution in [0.25, 0.3) is 17.4 Å². The highest BCUT2D eigenvalue weighted by atomic mass is 16.5. The van der Waals surface area contributed by atoms with Gasteiger partial charge >= 0.3 is 5.97 Å². The second-order valence-electron chi connectivity index (χ2n) is 5.54. The molecular formula is C19H18N2O4. The monoisotopic (exact) mass is 338 g/mol. The van der Waals surface area contributed by atoms with E-state index in [9.17, 15) is 9.59 Å². The van der Waals surface area contributed by atoms with Crippen LogP contribution in [-0.4, -0.2) is 25.0 Å². The molecule has 1 aromatic carbocycles. The van der Waals surface area contributed by atoms with Crippen LogP contribution in [0.3, 0.4) is 0 Å². The number of carbonyl (C=O) groups excluding carboxylic acids is 2. The molecule has 128 valence electrons. The van der Waals surface area contributed by atoms with Crippen LogP contribution in [0, 0.1) is 11.3 Å². The molecule has 0 aliphatic carbocycles. The van der Waals surface area contributed by atoms with Gasteiger partial charge in [-0.1, -0.05) is 18.2 Å². The van der Waals surface area contributed by atoms with Crippen LogP contribution >= 0.6 is 0 Å². The lowest BCUT2D eigenvalue weighted by Crippen LogP contribution is -2.30. The third-order valence-corrected chi connectivity index (χ3v) is 3.30. The Balaban J connectivity index is 2.35. The number of nitrogens with one attached hydrogen (secondary N) is 1. The van der Waals surface area contributed by atoms with Gasteiger partial charge in [0, 0.05) is 17.7 Å². The lowest BCUT2D eigenvalue weighted by molar-refractivity contribution is -0.117. The lowest BCUT2D eigenvalue weighted by Gasteiger charge is -2.06. The van der Waals surface area contributed by atoms with Crippen LogP contribution in [0.15, 0.2) is 46.4 Å². The zero-order valence-corrected chi connectivity index (χ0v) is 14.2. The van der Waals surface area contributed by atoms with E-state index in [0.29, 0.717) is 22.6 Å². The Kier molecular flexibility index (Phi) is 5.75. The van der Waals surface area contributed by atoms with Gasteiger partial charge in [0.1, 0.15) is 23.2 Å². The molecular weight excluding hydrogens is 320 g/mol. The molecule has 0 aliphatic rings. The zero-order chi connectivity index (χ0) is 18.4. The van der Waals surface area contributed by atoms with E-state index in [2.05, 4.69) is 5.32 Å². The molecule has 0 saturated carbocycles. The predicted molar refractivity (Wildman–Crippen MR) is 92.4 cm³/mol. The fourth-order valence-corrected chi connectivity index (χ4v) is 2.19. The first kappa shape index (κ1) is 18.0. The Hall–Kier alpha value is -3.33. The molecule has 1 aromatic heterocycles. The Bertz CT molecular complexity index is 856. The summed E-state index contributed by atoms with van der Waals surface area (Å²) in [7, 11) is 1.31. The van der Waals surface area contributed by atoms with Crippen LogP contribution in [-0.2, 0) is 9.53 Å². The topological polar surface area (TPSA) is 92.3 Å². The molecule has 0 spiro atoms. The van der Waals surface area contributed by atoms with Crippen molar-refractivity contribution in [1.29, 1.82) is 5.26 Å². The smallest absolute Gasteiger partial charge is 0.338 e. The molecule has 2 rings (SSSR count). The summed E-state index contributed by atoms with van der Waals surface area (Å²) >= 11 is 0. The molecule has 0 bridgehead atoms. The van der Waals surface area contributed by atoms with Gasteiger partial charge in [-0.05, 0) is 32.0 Å². The zero-order valence-electron chi connectivity index (χ0n) is 14.2. The Morgan fingerprint density at radius 2 is 1.96 bits per heavy atom. The Morgan fingerprint density at radius 3 is 2.60 bits per heavy atom. The van der Waals surface area contributed by atoms with Crippen molar-refractivity contribution in [2.75, 3.05) is 7.11 Å². The van der Waals surface area contributed by atoms with Crippen molar-refractivity contribution in [2.24, 2.45) is 0 Å². The van der Waals surface area contributed by atoms with E-state index in [1.807, 2.05) is 19.9 Å². The minimum absolute atomic E-state index is 0.0594. The molecule has 2 aromatic rings. The van der Waals surface area contributed by atoms with Crippen LogP contribution in [0.2, 0.25) is 0 Å². The quantitative estimate of drug-likeness (QED) is 0.513. The van der Waals surface area contributed by atoms with Gasteiger partial charge in [-0.25, -0.2) is 4.79 Å². The first-order valence-corrected chi connectivity index (χ1v) is 7.66. The van der Waals surface area contributed by atoms with Crippen molar-refractivity contribution in [2.45, 2.75) is 19.9 Å². The molecule has 0 saturated heterocycles. The van der Waals surface area contributed by atoms with Gasteiger partial charge in [-0.15, -0.1) is 0 Å². The second kappa shape index (κ2) is 7.97. The minimum Gasteiger partial charge on any atom is -0.465 e. The third kappa shape index (κ3) is 4.36. The fraction of sp³-hybridized carbons (Fsp3) is 0.211. The summed E-state index contributed by atoms with van der Waals surface area (Å²) in [5, 5.41) is 11.8. The van der Waals surface area contributed by atoms with Crippen molar-refractivity contribution in [3.05, 3.63) is 53.3 Å².